The average molecular weight is 248 g/mol. The van der Waals surface area contributed by atoms with Crippen LogP contribution in [0.2, 0.25) is 0 Å². The van der Waals surface area contributed by atoms with E-state index in [4.69, 9.17) is 10.5 Å². The zero-order valence-electron chi connectivity index (χ0n) is 10.2. The second-order valence-electron chi connectivity index (χ2n) is 4.57. The first-order valence-electron chi connectivity index (χ1n) is 5.78. The van der Waals surface area contributed by atoms with Crippen LogP contribution in [0.4, 0.5) is 5.69 Å². The molecule has 1 amide bonds. The van der Waals surface area contributed by atoms with Crippen LogP contribution in [0.25, 0.3) is 0 Å². The number of carbonyl (C=O) groups is 2. The van der Waals surface area contributed by atoms with E-state index in [0.717, 1.165) is 0 Å². The Morgan fingerprint density at radius 2 is 2.17 bits per heavy atom. The average Bonchev–Trinajstić information content (AvgIpc) is 2.28. The molecule has 1 aromatic carbocycles. The predicted molar refractivity (Wildman–Crippen MR) is 67.4 cm³/mol. The van der Waals surface area contributed by atoms with E-state index in [1.165, 1.54) is 6.92 Å². The van der Waals surface area contributed by atoms with E-state index in [-0.39, 0.29) is 18.2 Å². The summed E-state index contributed by atoms with van der Waals surface area (Å²) in [6.45, 7) is 2.44. The van der Waals surface area contributed by atoms with Crippen LogP contribution >= 0.6 is 0 Å². The van der Waals surface area contributed by atoms with Crippen LogP contribution in [0.5, 0.6) is 0 Å². The van der Waals surface area contributed by atoms with E-state index in [0.29, 0.717) is 24.5 Å². The van der Waals surface area contributed by atoms with Crippen LogP contribution in [0, 0.1) is 5.41 Å². The molecule has 1 saturated heterocycles. The zero-order chi connectivity index (χ0) is 13.2. The molecule has 2 rings (SSSR count). The summed E-state index contributed by atoms with van der Waals surface area (Å²) in [6, 6.07) is 6.85. The highest BCUT2D eigenvalue weighted by Crippen LogP contribution is 2.28. The lowest BCUT2D eigenvalue weighted by Gasteiger charge is -2.38. The molecule has 1 fully saturated rings. The molecule has 3 N–H and O–H groups in total. The van der Waals surface area contributed by atoms with E-state index < -0.39 is 5.41 Å². The van der Waals surface area contributed by atoms with Gasteiger partial charge in [0.05, 0.1) is 13.2 Å². The third-order valence-electron chi connectivity index (χ3n) is 3.16. The minimum Gasteiger partial charge on any atom is -0.379 e. The maximum atomic E-state index is 12.1. The molecule has 0 saturated carbocycles. The second-order valence-corrected chi connectivity index (χ2v) is 4.57. The van der Waals surface area contributed by atoms with Crippen LogP contribution in [-0.2, 0) is 9.53 Å². The van der Waals surface area contributed by atoms with Gasteiger partial charge in [0.2, 0.25) is 5.91 Å². The van der Waals surface area contributed by atoms with Gasteiger partial charge in [0.1, 0.15) is 5.41 Å². The standard InChI is InChI=1S/C13H16N2O3/c1-9(16)10-3-2-4-11(5-10)15-12(17)13(6-14)7-18-8-13/h2-5H,6-8,14H2,1H3,(H,15,17). The van der Waals surface area contributed by atoms with Crippen LogP contribution < -0.4 is 11.1 Å². The van der Waals surface area contributed by atoms with Gasteiger partial charge in [-0.25, -0.2) is 0 Å². The number of anilines is 1. The third-order valence-corrected chi connectivity index (χ3v) is 3.16. The number of rotatable bonds is 4. The van der Waals surface area contributed by atoms with Crippen LogP contribution in [0.15, 0.2) is 24.3 Å². The minimum atomic E-state index is -0.619. The van der Waals surface area contributed by atoms with Crippen molar-refractivity contribution in [3.8, 4) is 0 Å². The molecule has 0 aromatic heterocycles. The monoisotopic (exact) mass is 248 g/mol. The van der Waals surface area contributed by atoms with Gasteiger partial charge in [-0.15, -0.1) is 0 Å². The molecule has 96 valence electrons. The van der Waals surface area contributed by atoms with E-state index in [2.05, 4.69) is 5.32 Å². The van der Waals surface area contributed by atoms with Gasteiger partial charge in [0.25, 0.3) is 0 Å². The van der Waals surface area contributed by atoms with Crippen LogP contribution in [0.3, 0.4) is 0 Å². The fraction of sp³-hybridized carbons (Fsp3) is 0.385. The number of ketones is 1. The van der Waals surface area contributed by atoms with E-state index in [1.54, 1.807) is 24.3 Å². The Labute approximate surface area is 105 Å². The topological polar surface area (TPSA) is 81.4 Å². The summed E-state index contributed by atoms with van der Waals surface area (Å²) in [4.78, 5) is 23.3. The normalized spacial score (nSPS) is 16.8. The molecule has 5 nitrogen and oxygen atoms in total. The van der Waals surface area contributed by atoms with Gasteiger partial charge >= 0.3 is 0 Å². The van der Waals surface area contributed by atoms with Crippen molar-refractivity contribution in [3.05, 3.63) is 29.8 Å². The first kappa shape index (κ1) is 12.7. The summed E-state index contributed by atoms with van der Waals surface area (Å²) in [5.74, 6) is -0.191. The number of Topliss-reactive ketones (excluding diaryl/α,β-unsaturated/α-hetero) is 1. The highest BCUT2D eigenvalue weighted by Gasteiger charge is 2.44. The van der Waals surface area contributed by atoms with Crippen molar-refractivity contribution >= 4 is 17.4 Å². The number of amides is 1. The summed E-state index contributed by atoms with van der Waals surface area (Å²) in [5.41, 5.74) is 6.16. The maximum Gasteiger partial charge on any atom is 0.236 e. The first-order valence-corrected chi connectivity index (χ1v) is 5.78. The third kappa shape index (κ3) is 2.27. The van der Waals surface area contributed by atoms with Crippen molar-refractivity contribution in [2.75, 3.05) is 25.1 Å². The zero-order valence-corrected chi connectivity index (χ0v) is 10.2. The fourth-order valence-corrected chi connectivity index (χ4v) is 1.77. The number of hydrogen-bond acceptors (Lipinski definition) is 4. The molecule has 0 bridgehead atoms. The Kier molecular flexibility index (Phi) is 3.45. The molecule has 1 heterocycles. The molecule has 0 radical (unpaired) electrons. The Morgan fingerprint density at radius 3 is 2.67 bits per heavy atom. The summed E-state index contributed by atoms with van der Waals surface area (Å²) >= 11 is 0. The number of nitrogens with two attached hydrogens (primary N) is 1. The number of hydrogen-bond donors (Lipinski definition) is 2. The summed E-state index contributed by atoms with van der Waals surface area (Å²) < 4.78 is 5.05. The molecule has 0 atom stereocenters. The lowest BCUT2D eigenvalue weighted by atomic mass is 9.85. The van der Waals surface area contributed by atoms with Crippen molar-refractivity contribution in [2.24, 2.45) is 11.1 Å². The smallest absolute Gasteiger partial charge is 0.236 e. The molecule has 0 aliphatic carbocycles. The van der Waals surface area contributed by atoms with E-state index in [1.807, 2.05) is 0 Å². The van der Waals surface area contributed by atoms with Crippen molar-refractivity contribution in [2.45, 2.75) is 6.92 Å². The molecule has 1 aromatic rings. The van der Waals surface area contributed by atoms with Crippen molar-refractivity contribution in [1.29, 1.82) is 0 Å². The Balaban J connectivity index is 2.12. The second kappa shape index (κ2) is 4.88. The minimum absolute atomic E-state index is 0.0355. The fourth-order valence-electron chi connectivity index (χ4n) is 1.77. The van der Waals surface area contributed by atoms with Gasteiger partial charge < -0.3 is 15.8 Å². The van der Waals surface area contributed by atoms with Gasteiger partial charge in [-0.1, -0.05) is 12.1 Å². The molecule has 0 unspecified atom stereocenters. The largest absolute Gasteiger partial charge is 0.379 e. The number of nitrogens with one attached hydrogen (secondary N) is 1. The lowest BCUT2D eigenvalue weighted by Crippen LogP contribution is -2.56. The summed E-state index contributed by atoms with van der Waals surface area (Å²) in [6.07, 6.45) is 0. The summed E-state index contributed by atoms with van der Waals surface area (Å²) in [5, 5.41) is 2.78. The van der Waals surface area contributed by atoms with Gasteiger partial charge in [-0.05, 0) is 19.1 Å². The Hall–Kier alpha value is -1.72. The van der Waals surface area contributed by atoms with E-state index >= 15 is 0 Å². The number of benzene rings is 1. The van der Waals surface area contributed by atoms with Crippen molar-refractivity contribution in [3.63, 3.8) is 0 Å². The lowest BCUT2D eigenvalue weighted by molar-refractivity contribution is -0.153. The summed E-state index contributed by atoms with van der Waals surface area (Å²) in [7, 11) is 0. The van der Waals surface area contributed by atoms with Crippen molar-refractivity contribution < 1.29 is 14.3 Å². The first-order chi connectivity index (χ1) is 8.57. The molecule has 18 heavy (non-hydrogen) atoms. The molecule has 1 aliphatic rings. The van der Waals surface area contributed by atoms with Crippen LogP contribution in [0.1, 0.15) is 17.3 Å². The quantitative estimate of drug-likeness (QED) is 0.772. The SMILES string of the molecule is CC(=O)c1cccc(NC(=O)C2(CN)COC2)c1. The number of ether oxygens (including phenoxy) is 1. The Bertz CT molecular complexity index is 475. The Morgan fingerprint density at radius 1 is 1.44 bits per heavy atom. The van der Waals surface area contributed by atoms with E-state index in [9.17, 15) is 9.59 Å². The van der Waals surface area contributed by atoms with Gasteiger partial charge in [0.15, 0.2) is 5.78 Å². The molecule has 0 spiro atoms. The van der Waals surface area contributed by atoms with Gasteiger partial charge in [-0.3, -0.25) is 9.59 Å². The highest BCUT2D eigenvalue weighted by atomic mass is 16.5. The van der Waals surface area contributed by atoms with Gasteiger partial charge in [-0.2, -0.15) is 0 Å². The van der Waals surface area contributed by atoms with Crippen LogP contribution in [-0.4, -0.2) is 31.4 Å². The maximum absolute atomic E-state index is 12.1. The highest BCUT2D eigenvalue weighted by molar-refractivity contribution is 5.99. The predicted octanol–water partition coefficient (Wildman–Crippen LogP) is 0.803. The number of carbonyl (C=O) groups excluding carboxylic acids is 2. The molecular formula is C13H16N2O3. The molecular weight excluding hydrogens is 232 g/mol. The molecule has 5 heteroatoms. The van der Waals surface area contributed by atoms with Crippen molar-refractivity contribution in [1.82, 2.24) is 0 Å². The molecule has 1 aliphatic heterocycles. The van der Waals surface area contributed by atoms with Gasteiger partial charge in [0, 0.05) is 17.8 Å².